The van der Waals surface area contributed by atoms with Crippen molar-refractivity contribution in [2.75, 3.05) is 20.3 Å². The van der Waals surface area contributed by atoms with Crippen LogP contribution in [0.25, 0.3) is 0 Å². The van der Waals surface area contributed by atoms with Gasteiger partial charge in [0.25, 0.3) is 0 Å². The van der Waals surface area contributed by atoms with E-state index in [1.165, 1.54) is 10.6 Å². The zero-order chi connectivity index (χ0) is 13.7. The summed E-state index contributed by atoms with van der Waals surface area (Å²) < 4.78 is 5.10. The Balaban J connectivity index is 2.20. The molecule has 4 nitrogen and oxygen atoms in total. The number of rotatable bonds is 7. The van der Waals surface area contributed by atoms with E-state index in [1.54, 1.807) is 29.8 Å². The van der Waals surface area contributed by atoms with Crippen LogP contribution in [0.3, 0.4) is 0 Å². The van der Waals surface area contributed by atoms with Gasteiger partial charge in [0.05, 0.1) is 12.3 Å². The molecule has 2 rings (SSSR count). The van der Waals surface area contributed by atoms with Gasteiger partial charge in [-0.1, -0.05) is 6.92 Å². The van der Waals surface area contributed by atoms with Crippen molar-refractivity contribution in [3.05, 3.63) is 32.2 Å². The summed E-state index contributed by atoms with van der Waals surface area (Å²) in [5.41, 5.74) is 1.19. The third-order valence-electron chi connectivity index (χ3n) is 2.84. The van der Waals surface area contributed by atoms with Crippen molar-refractivity contribution in [1.82, 2.24) is 15.3 Å². The summed E-state index contributed by atoms with van der Waals surface area (Å²) in [7, 11) is 1.71. The minimum Gasteiger partial charge on any atom is -0.383 e. The predicted molar refractivity (Wildman–Crippen MR) is 80.1 cm³/mol. The normalized spacial score (nSPS) is 12.8. The molecule has 0 aliphatic heterocycles. The lowest BCUT2D eigenvalue weighted by Crippen LogP contribution is -2.25. The zero-order valence-electron chi connectivity index (χ0n) is 11.5. The lowest BCUT2D eigenvalue weighted by molar-refractivity contribution is 0.197. The highest BCUT2D eigenvalue weighted by molar-refractivity contribution is 7.12. The number of hydrogen-bond donors (Lipinski definition) is 1. The molecule has 0 amide bonds. The molecule has 2 aromatic heterocycles. The summed E-state index contributed by atoms with van der Waals surface area (Å²) in [5.74, 6) is 0. The molecular formula is C13H19N3OS2. The Kier molecular flexibility index (Phi) is 5.45. The standard InChI is InChI=1S/C13H19N3OS2/c1-4-10-9(2)19-13(16-10)11(14-5-7-17-3)12-15-6-8-18-12/h6,8,11,14H,4-5,7H2,1-3H3. The number of hydrogen-bond acceptors (Lipinski definition) is 6. The van der Waals surface area contributed by atoms with Crippen LogP contribution in [0.5, 0.6) is 0 Å². The van der Waals surface area contributed by atoms with E-state index in [0.29, 0.717) is 6.61 Å². The summed E-state index contributed by atoms with van der Waals surface area (Å²) in [6, 6.07) is 0.0825. The van der Waals surface area contributed by atoms with Gasteiger partial charge in [-0.3, -0.25) is 5.32 Å². The van der Waals surface area contributed by atoms with Gasteiger partial charge in [-0.25, -0.2) is 9.97 Å². The minimum absolute atomic E-state index is 0.0825. The number of aromatic nitrogens is 2. The van der Waals surface area contributed by atoms with Crippen LogP contribution >= 0.6 is 22.7 Å². The number of aryl methyl sites for hydroxylation is 2. The molecule has 1 atom stereocenters. The van der Waals surface area contributed by atoms with Gasteiger partial charge in [-0.15, -0.1) is 22.7 Å². The second-order valence-electron chi connectivity index (χ2n) is 4.16. The van der Waals surface area contributed by atoms with Gasteiger partial charge in [-0.05, 0) is 13.3 Å². The summed E-state index contributed by atoms with van der Waals surface area (Å²) in [5, 5.41) is 7.64. The second kappa shape index (κ2) is 7.09. The molecule has 0 spiro atoms. The van der Waals surface area contributed by atoms with E-state index in [0.717, 1.165) is 23.0 Å². The fourth-order valence-electron chi connectivity index (χ4n) is 1.86. The summed E-state index contributed by atoms with van der Waals surface area (Å²) in [6.07, 6.45) is 2.82. The van der Waals surface area contributed by atoms with Gasteiger partial charge in [0.2, 0.25) is 0 Å². The Bertz CT molecular complexity index is 496. The van der Waals surface area contributed by atoms with E-state index in [1.807, 2.05) is 11.6 Å². The zero-order valence-corrected chi connectivity index (χ0v) is 13.1. The third-order valence-corrected chi connectivity index (χ3v) is 4.76. The molecule has 0 aromatic carbocycles. The van der Waals surface area contributed by atoms with Crippen LogP contribution in [-0.4, -0.2) is 30.2 Å². The SMILES string of the molecule is CCc1nc(C(NCCOC)c2nccs2)sc1C. The predicted octanol–water partition coefficient (Wildman–Crippen LogP) is 2.80. The Labute approximate surface area is 121 Å². The van der Waals surface area contributed by atoms with Crippen molar-refractivity contribution in [2.45, 2.75) is 26.3 Å². The smallest absolute Gasteiger partial charge is 0.117 e. The topological polar surface area (TPSA) is 47.0 Å². The van der Waals surface area contributed by atoms with Crippen molar-refractivity contribution in [3.63, 3.8) is 0 Å². The van der Waals surface area contributed by atoms with Gasteiger partial charge in [0.15, 0.2) is 0 Å². The average molecular weight is 297 g/mol. The molecule has 0 aliphatic carbocycles. The minimum atomic E-state index is 0.0825. The molecule has 6 heteroatoms. The summed E-state index contributed by atoms with van der Waals surface area (Å²) in [6.45, 7) is 5.75. The van der Waals surface area contributed by atoms with E-state index in [4.69, 9.17) is 9.72 Å². The van der Waals surface area contributed by atoms with Gasteiger partial charge in [-0.2, -0.15) is 0 Å². The molecule has 1 unspecified atom stereocenters. The van der Waals surface area contributed by atoms with Crippen LogP contribution in [0, 0.1) is 6.92 Å². The number of nitrogens with one attached hydrogen (secondary N) is 1. The molecule has 2 aromatic rings. The van der Waals surface area contributed by atoms with E-state index in [-0.39, 0.29) is 6.04 Å². The van der Waals surface area contributed by atoms with Crippen molar-refractivity contribution in [2.24, 2.45) is 0 Å². The van der Waals surface area contributed by atoms with E-state index < -0.39 is 0 Å². The lowest BCUT2D eigenvalue weighted by Gasteiger charge is -2.13. The van der Waals surface area contributed by atoms with E-state index in [2.05, 4.69) is 24.1 Å². The molecule has 0 aliphatic rings. The highest BCUT2D eigenvalue weighted by atomic mass is 32.1. The highest BCUT2D eigenvalue weighted by Crippen LogP contribution is 2.29. The molecule has 2 heterocycles. The van der Waals surface area contributed by atoms with Crippen LogP contribution in [0.2, 0.25) is 0 Å². The molecule has 104 valence electrons. The van der Waals surface area contributed by atoms with E-state index in [9.17, 15) is 0 Å². The van der Waals surface area contributed by atoms with Gasteiger partial charge >= 0.3 is 0 Å². The van der Waals surface area contributed by atoms with Crippen LogP contribution in [0.1, 0.15) is 33.6 Å². The molecule has 0 radical (unpaired) electrons. The van der Waals surface area contributed by atoms with Crippen LogP contribution in [0.4, 0.5) is 0 Å². The maximum atomic E-state index is 5.10. The highest BCUT2D eigenvalue weighted by Gasteiger charge is 2.20. The van der Waals surface area contributed by atoms with Gasteiger partial charge < -0.3 is 4.74 Å². The quantitative estimate of drug-likeness (QED) is 0.798. The molecular weight excluding hydrogens is 278 g/mol. The Morgan fingerprint density at radius 1 is 1.42 bits per heavy atom. The van der Waals surface area contributed by atoms with Gasteiger partial charge in [0.1, 0.15) is 16.1 Å². The number of methoxy groups -OCH3 is 1. The van der Waals surface area contributed by atoms with Gasteiger partial charge in [0, 0.05) is 30.1 Å². The van der Waals surface area contributed by atoms with Crippen molar-refractivity contribution in [3.8, 4) is 0 Å². The molecule has 19 heavy (non-hydrogen) atoms. The third kappa shape index (κ3) is 3.60. The molecule has 0 bridgehead atoms. The largest absolute Gasteiger partial charge is 0.383 e. The first-order valence-electron chi connectivity index (χ1n) is 6.34. The number of thiazole rings is 2. The lowest BCUT2D eigenvalue weighted by atomic mass is 10.3. The first-order valence-corrected chi connectivity index (χ1v) is 8.03. The second-order valence-corrected chi connectivity index (χ2v) is 6.32. The monoisotopic (exact) mass is 297 g/mol. The van der Waals surface area contributed by atoms with Crippen LogP contribution in [-0.2, 0) is 11.2 Å². The Hall–Kier alpha value is -0.820. The molecule has 1 N–H and O–H groups in total. The van der Waals surface area contributed by atoms with E-state index >= 15 is 0 Å². The fourth-order valence-corrected chi connectivity index (χ4v) is 3.74. The van der Waals surface area contributed by atoms with Crippen LogP contribution < -0.4 is 5.32 Å². The fraction of sp³-hybridized carbons (Fsp3) is 0.538. The molecule has 0 saturated carbocycles. The van der Waals surface area contributed by atoms with Crippen molar-refractivity contribution < 1.29 is 4.74 Å². The first-order chi connectivity index (χ1) is 9.26. The van der Waals surface area contributed by atoms with Crippen molar-refractivity contribution >= 4 is 22.7 Å². The Morgan fingerprint density at radius 3 is 2.84 bits per heavy atom. The summed E-state index contributed by atoms with van der Waals surface area (Å²) >= 11 is 3.41. The van der Waals surface area contributed by atoms with Crippen molar-refractivity contribution in [1.29, 1.82) is 0 Å². The maximum absolute atomic E-state index is 5.10. The first kappa shape index (κ1) is 14.6. The van der Waals surface area contributed by atoms with Crippen LogP contribution in [0.15, 0.2) is 11.6 Å². The number of nitrogens with zero attached hydrogens (tertiary/aromatic N) is 2. The summed E-state index contributed by atoms with van der Waals surface area (Å²) in [4.78, 5) is 10.5. The Morgan fingerprint density at radius 2 is 2.26 bits per heavy atom. The maximum Gasteiger partial charge on any atom is 0.117 e. The molecule has 0 saturated heterocycles. The molecule has 0 fully saturated rings. The number of ether oxygens (including phenoxy) is 1. The average Bonchev–Trinajstić information content (AvgIpc) is 3.04.